The largest absolute Gasteiger partial charge is 0.493 e. The molecule has 0 spiro atoms. The van der Waals surface area contributed by atoms with Crippen LogP contribution in [0.25, 0.3) is 0 Å². The van der Waals surface area contributed by atoms with E-state index in [1.807, 2.05) is 24.3 Å². The van der Waals surface area contributed by atoms with Gasteiger partial charge in [0.05, 0.1) is 7.11 Å². The second-order valence-corrected chi connectivity index (χ2v) is 7.37. The van der Waals surface area contributed by atoms with Crippen molar-refractivity contribution in [1.29, 1.82) is 0 Å². The summed E-state index contributed by atoms with van der Waals surface area (Å²) < 4.78 is 16.5. The second-order valence-electron chi connectivity index (χ2n) is 7.37. The lowest BCUT2D eigenvalue weighted by molar-refractivity contribution is -0.122. The lowest BCUT2D eigenvalue weighted by atomic mass is 9.96. The molecule has 2 amide bonds. The molecule has 0 aliphatic carbocycles. The Hall–Kier alpha value is -3.42. The number of nitrogens with two attached hydrogens (primary N) is 1. The highest BCUT2D eigenvalue weighted by molar-refractivity contribution is 6.05. The average molecular weight is 411 g/mol. The molecule has 30 heavy (non-hydrogen) atoms. The predicted octanol–water partition coefficient (Wildman–Crippen LogP) is 2.42. The number of amides is 2. The van der Waals surface area contributed by atoms with Crippen molar-refractivity contribution in [2.45, 2.75) is 12.8 Å². The van der Waals surface area contributed by atoms with Crippen LogP contribution >= 0.6 is 0 Å². The van der Waals surface area contributed by atoms with E-state index in [1.54, 1.807) is 12.1 Å². The minimum absolute atomic E-state index is 0.0391. The van der Waals surface area contributed by atoms with Gasteiger partial charge in [0.25, 0.3) is 5.91 Å². The number of rotatable bonds is 5. The van der Waals surface area contributed by atoms with Crippen LogP contribution in [0.3, 0.4) is 0 Å². The van der Waals surface area contributed by atoms with Crippen molar-refractivity contribution >= 4 is 23.2 Å². The van der Waals surface area contributed by atoms with Crippen LogP contribution in [-0.2, 0) is 4.79 Å². The van der Waals surface area contributed by atoms with E-state index < -0.39 is 0 Å². The van der Waals surface area contributed by atoms with E-state index in [0.717, 1.165) is 31.6 Å². The lowest BCUT2D eigenvalue weighted by Crippen LogP contribution is -2.38. The molecular weight excluding hydrogens is 386 g/mol. The average Bonchev–Trinajstić information content (AvgIpc) is 2.78. The van der Waals surface area contributed by atoms with Crippen LogP contribution in [0.2, 0.25) is 0 Å². The van der Waals surface area contributed by atoms with Crippen LogP contribution in [0.4, 0.5) is 11.4 Å². The topological polar surface area (TPSA) is 103 Å². The summed E-state index contributed by atoms with van der Waals surface area (Å²) in [5.74, 6) is 0.962. The van der Waals surface area contributed by atoms with Crippen molar-refractivity contribution in [2.75, 3.05) is 43.6 Å². The maximum absolute atomic E-state index is 12.7. The number of nitrogens with zero attached hydrogens (tertiary/aromatic N) is 1. The van der Waals surface area contributed by atoms with Gasteiger partial charge in [0.15, 0.2) is 11.5 Å². The molecule has 8 nitrogen and oxygen atoms in total. The molecule has 4 rings (SSSR count). The maximum Gasteiger partial charge on any atom is 0.255 e. The number of methoxy groups -OCH3 is 1. The zero-order valence-corrected chi connectivity index (χ0v) is 16.8. The molecule has 0 saturated carbocycles. The van der Waals surface area contributed by atoms with Crippen molar-refractivity contribution in [3.63, 3.8) is 0 Å². The third-order valence-corrected chi connectivity index (χ3v) is 5.48. The van der Waals surface area contributed by atoms with E-state index in [1.165, 1.54) is 7.11 Å². The van der Waals surface area contributed by atoms with E-state index in [2.05, 4.69) is 10.2 Å². The normalized spacial score (nSPS) is 16.1. The number of carbonyl (C=O) groups excluding carboxylic acids is 2. The molecular formula is C22H25N3O5. The van der Waals surface area contributed by atoms with Gasteiger partial charge in [0.2, 0.25) is 11.7 Å². The molecule has 158 valence electrons. The number of primary amides is 1. The summed E-state index contributed by atoms with van der Waals surface area (Å²) in [7, 11) is 1.53. The van der Waals surface area contributed by atoms with Gasteiger partial charge in [-0.3, -0.25) is 9.59 Å². The van der Waals surface area contributed by atoms with E-state index in [9.17, 15) is 9.59 Å². The van der Waals surface area contributed by atoms with Crippen molar-refractivity contribution in [2.24, 2.45) is 11.7 Å². The summed E-state index contributed by atoms with van der Waals surface area (Å²) in [5, 5.41) is 2.90. The zero-order chi connectivity index (χ0) is 21.1. The van der Waals surface area contributed by atoms with Gasteiger partial charge in [-0.2, -0.15) is 0 Å². The number of nitrogens with one attached hydrogen (secondary N) is 1. The molecule has 2 heterocycles. The Labute approximate surface area is 174 Å². The molecule has 2 aromatic rings. The van der Waals surface area contributed by atoms with E-state index in [-0.39, 0.29) is 17.7 Å². The highest BCUT2D eigenvalue weighted by Crippen LogP contribution is 2.40. The van der Waals surface area contributed by atoms with Gasteiger partial charge < -0.3 is 30.2 Å². The molecule has 1 fully saturated rings. The molecule has 1 saturated heterocycles. The zero-order valence-electron chi connectivity index (χ0n) is 16.8. The summed E-state index contributed by atoms with van der Waals surface area (Å²) in [6, 6.07) is 10.9. The van der Waals surface area contributed by atoms with Gasteiger partial charge in [0.1, 0.15) is 13.2 Å². The first-order chi connectivity index (χ1) is 14.5. The predicted molar refractivity (Wildman–Crippen MR) is 113 cm³/mol. The lowest BCUT2D eigenvalue weighted by Gasteiger charge is -2.32. The van der Waals surface area contributed by atoms with Crippen LogP contribution < -0.4 is 30.2 Å². The third-order valence-electron chi connectivity index (χ3n) is 5.48. The number of hydrogen-bond acceptors (Lipinski definition) is 6. The summed E-state index contributed by atoms with van der Waals surface area (Å²) in [5.41, 5.74) is 7.56. The molecule has 0 aromatic heterocycles. The van der Waals surface area contributed by atoms with Crippen molar-refractivity contribution in [3.05, 3.63) is 42.0 Å². The number of anilines is 2. The Balaban J connectivity index is 1.42. The second kappa shape index (κ2) is 8.52. The molecule has 0 bridgehead atoms. The Bertz CT molecular complexity index is 919. The van der Waals surface area contributed by atoms with Gasteiger partial charge in [-0.15, -0.1) is 0 Å². The standard InChI is InChI=1S/C22H25N3O5/c1-28-18-12-15(13-19-20(18)30-11-10-29-19)22(27)24-16-2-4-17(5-3-16)25-8-6-14(7-9-25)21(23)26/h2-5,12-14H,6-11H2,1H3,(H2,23,26)(H,24,27). The van der Waals surface area contributed by atoms with Gasteiger partial charge >= 0.3 is 0 Å². The number of carbonyl (C=O) groups is 2. The highest BCUT2D eigenvalue weighted by atomic mass is 16.6. The van der Waals surface area contributed by atoms with Gasteiger partial charge in [-0.1, -0.05) is 0 Å². The fourth-order valence-electron chi connectivity index (χ4n) is 3.79. The maximum atomic E-state index is 12.7. The van der Waals surface area contributed by atoms with Crippen LogP contribution in [0, 0.1) is 5.92 Å². The van der Waals surface area contributed by atoms with E-state index >= 15 is 0 Å². The number of fused-ring (bicyclic) bond motifs is 1. The molecule has 2 aromatic carbocycles. The fraction of sp³-hybridized carbons (Fsp3) is 0.364. The molecule has 2 aliphatic heterocycles. The van der Waals surface area contributed by atoms with Gasteiger partial charge in [-0.25, -0.2) is 0 Å². The van der Waals surface area contributed by atoms with Crippen molar-refractivity contribution in [3.8, 4) is 17.2 Å². The Kier molecular flexibility index (Phi) is 5.65. The Morgan fingerprint density at radius 1 is 1.10 bits per heavy atom. The van der Waals surface area contributed by atoms with Gasteiger partial charge in [-0.05, 0) is 49.2 Å². The molecule has 0 unspecified atom stereocenters. The minimum atomic E-state index is -0.264. The van der Waals surface area contributed by atoms with Crippen LogP contribution in [0.15, 0.2) is 36.4 Å². The Morgan fingerprint density at radius 3 is 2.47 bits per heavy atom. The van der Waals surface area contributed by atoms with E-state index in [0.29, 0.717) is 41.7 Å². The fourth-order valence-corrected chi connectivity index (χ4v) is 3.79. The van der Waals surface area contributed by atoms with Crippen LogP contribution in [-0.4, -0.2) is 45.2 Å². The first kappa shape index (κ1) is 19.9. The quantitative estimate of drug-likeness (QED) is 0.783. The van der Waals surface area contributed by atoms with Gasteiger partial charge in [0, 0.05) is 35.9 Å². The smallest absolute Gasteiger partial charge is 0.255 e. The SMILES string of the molecule is COc1cc(C(=O)Nc2ccc(N3CCC(C(N)=O)CC3)cc2)cc2c1OCCO2. The number of piperidine rings is 1. The molecule has 8 heteroatoms. The molecule has 2 aliphatic rings. The van der Waals surface area contributed by atoms with Crippen molar-refractivity contribution in [1.82, 2.24) is 0 Å². The minimum Gasteiger partial charge on any atom is -0.493 e. The summed E-state index contributed by atoms with van der Waals surface area (Å²) in [4.78, 5) is 26.3. The molecule has 0 radical (unpaired) electrons. The first-order valence-corrected chi connectivity index (χ1v) is 9.98. The van der Waals surface area contributed by atoms with Crippen molar-refractivity contribution < 1.29 is 23.8 Å². The summed E-state index contributed by atoms with van der Waals surface area (Å²) in [6.07, 6.45) is 1.53. The summed E-state index contributed by atoms with van der Waals surface area (Å²) >= 11 is 0. The number of hydrogen-bond donors (Lipinski definition) is 2. The monoisotopic (exact) mass is 411 g/mol. The third kappa shape index (κ3) is 4.12. The van der Waals surface area contributed by atoms with E-state index in [4.69, 9.17) is 19.9 Å². The number of ether oxygens (including phenoxy) is 3. The highest BCUT2D eigenvalue weighted by Gasteiger charge is 2.23. The summed E-state index contributed by atoms with van der Waals surface area (Å²) in [6.45, 7) is 2.45. The molecule has 0 atom stereocenters. The molecule has 3 N–H and O–H groups in total. The Morgan fingerprint density at radius 2 is 1.80 bits per heavy atom. The van der Waals surface area contributed by atoms with Crippen LogP contribution in [0.1, 0.15) is 23.2 Å². The van der Waals surface area contributed by atoms with Crippen LogP contribution in [0.5, 0.6) is 17.2 Å². The number of benzene rings is 2. The first-order valence-electron chi connectivity index (χ1n) is 9.98.